The Morgan fingerprint density at radius 3 is 2.38 bits per heavy atom. The summed E-state index contributed by atoms with van der Waals surface area (Å²) in [5.41, 5.74) is 3.33. The van der Waals surface area contributed by atoms with E-state index in [1.165, 1.54) is 35.8 Å². The number of hydrogen-bond donors (Lipinski definition) is 1. The summed E-state index contributed by atoms with van der Waals surface area (Å²) in [6, 6.07) is 17.6. The fourth-order valence-electron chi connectivity index (χ4n) is 3.97. The number of aromatic nitrogens is 3. The number of carbonyl (C=O) groups excluding carboxylic acids is 2. The van der Waals surface area contributed by atoms with Crippen molar-refractivity contribution in [1.29, 1.82) is 0 Å². The van der Waals surface area contributed by atoms with E-state index in [4.69, 9.17) is 9.47 Å². The smallest absolute Gasteiger partial charge is 0.341 e. The minimum absolute atomic E-state index is 0.0773. The largest absolute Gasteiger partial charge is 0.486 e. The zero-order chi connectivity index (χ0) is 28.2. The second kappa shape index (κ2) is 12.0. The van der Waals surface area contributed by atoms with Crippen molar-refractivity contribution >= 4 is 40.0 Å². The number of esters is 1. The van der Waals surface area contributed by atoms with Crippen LogP contribution < -0.4 is 10.1 Å². The first kappa shape index (κ1) is 28.4. The number of aryl methyl sites for hydroxylation is 1. The molecular weight excluding hydrogens is 532 g/mol. The molecule has 0 radical (unpaired) electrons. The molecule has 0 bridgehead atoms. The lowest BCUT2D eigenvalue weighted by Crippen LogP contribution is -2.16. The number of rotatable bonds is 9. The van der Waals surface area contributed by atoms with E-state index in [2.05, 4.69) is 48.4 Å². The van der Waals surface area contributed by atoms with E-state index in [9.17, 15) is 9.59 Å². The highest BCUT2D eigenvalue weighted by Gasteiger charge is 2.25. The quantitative estimate of drug-likeness (QED) is 0.190. The van der Waals surface area contributed by atoms with Crippen molar-refractivity contribution in [3.63, 3.8) is 0 Å². The van der Waals surface area contributed by atoms with E-state index in [1.807, 2.05) is 61.0 Å². The molecule has 0 atom stereocenters. The molecule has 4 aromatic rings. The first-order valence-corrected chi connectivity index (χ1v) is 14.2. The van der Waals surface area contributed by atoms with E-state index in [1.54, 1.807) is 0 Å². The van der Waals surface area contributed by atoms with Crippen molar-refractivity contribution in [3.8, 4) is 16.9 Å². The minimum Gasteiger partial charge on any atom is -0.486 e. The number of nitrogens with one attached hydrogen (secondary N) is 1. The second-order valence-corrected chi connectivity index (χ2v) is 12.1. The fourth-order valence-corrected chi connectivity index (χ4v) is 5.78. The molecule has 0 fully saturated rings. The molecule has 0 aliphatic carbocycles. The first-order chi connectivity index (χ1) is 18.6. The predicted octanol–water partition coefficient (Wildman–Crippen LogP) is 6.25. The van der Waals surface area contributed by atoms with Gasteiger partial charge in [-0.2, -0.15) is 0 Å². The molecule has 8 nitrogen and oxygen atoms in total. The third kappa shape index (κ3) is 6.69. The van der Waals surface area contributed by atoms with Crippen LogP contribution >= 0.6 is 23.1 Å². The van der Waals surface area contributed by atoms with Gasteiger partial charge < -0.3 is 19.4 Å². The maximum atomic E-state index is 12.9. The molecular formula is C29H32N4O4S2. The van der Waals surface area contributed by atoms with Crippen LogP contribution in [0, 0.1) is 6.92 Å². The summed E-state index contributed by atoms with van der Waals surface area (Å²) in [5, 5.41) is 12.4. The highest BCUT2D eigenvalue weighted by atomic mass is 32.2. The van der Waals surface area contributed by atoms with Crippen molar-refractivity contribution in [1.82, 2.24) is 14.8 Å². The molecule has 0 spiro atoms. The molecule has 1 amide bonds. The lowest BCUT2D eigenvalue weighted by Gasteiger charge is -2.19. The van der Waals surface area contributed by atoms with Crippen LogP contribution in [0.5, 0.6) is 5.75 Å². The van der Waals surface area contributed by atoms with Crippen molar-refractivity contribution in [2.45, 2.75) is 44.9 Å². The van der Waals surface area contributed by atoms with Gasteiger partial charge in [-0.1, -0.05) is 75.0 Å². The van der Waals surface area contributed by atoms with Crippen molar-refractivity contribution in [2.75, 3.05) is 18.2 Å². The molecule has 10 heteroatoms. The molecule has 1 N–H and O–H groups in total. The number of nitrogens with zero attached hydrogens (tertiary/aromatic N) is 3. The van der Waals surface area contributed by atoms with Gasteiger partial charge in [-0.25, -0.2) is 4.79 Å². The molecule has 0 unspecified atom stereocenters. The highest BCUT2D eigenvalue weighted by Crippen LogP contribution is 2.40. The van der Waals surface area contributed by atoms with Gasteiger partial charge in [0.25, 0.3) is 0 Å². The molecule has 4 rings (SSSR count). The summed E-state index contributed by atoms with van der Waals surface area (Å²) < 4.78 is 12.7. The molecule has 0 aliphatic heterocycles. The molecule has 2 heterocycles. The number of ether oxygens (including phenoxy) is 2. The Bertz CT molecular complexity index is 1460. The SMILES string of the molecule is COC(=O)c1c(NC(=O)CSc2nnc(COc3ccc(C(C)(C)C)cc3)n2C)sc(C)c1-c1ccccc1. The summed E-state index contributed by atoms with van der Waals surface area (Å²) >= 11 is 2.61. The Morgan fingerprint density at radius 1 is 1.05 bits per heavy atom. The molecule has 2 aromatic heterocycles. The van der Waals surface area contributed by atoms with Gasteiger partial charge in [0.2, 0.25) is 5.91 Å². The summed E-state index contributed by atoms with van der Waals surface area (Å²) in [5.74, 6) is 0.742. The Balaban J connectivity index is 1.39. The molecule has 204 valence electrons. The number of carbonyl (C=O) groups is 2. The van der Waals surface area contributed by atoms with Gasteiger partial charge in [-0.15, -0.1) is 21.5 Å². The van der Waals surface area contributed by atoms with Crippen LogP contribution in [0.15, 0.2) is 59.8 Å². The third-order valence-electron chi connectivity index (χ3n) is 6.13. The maximum Gasteiger partial charge on any atom is 0.341 e. The number of thioether (sulfide) groups is 1. The van der Waals surface area contributed by atoms with Gasteiger partial charge >= 0.3 is 5.97 Å². The monoisotopic (exact) mass is 564 g/mol. The molecule has 0 saturated carbocycles. The van der Waals surface area contributed by atoms with Gasteiger partial charge in [0.05, 0.1) is 12.9 Å². The normalized spacial score (nSPS) is 11.3. The van der Waals surface area contributed by atoms with Crippen molar-refractivity contribution in [3.05, 3.63) is 76.4 Å². The lowest BCUT2D eigenvalue weighted by atomic mass is 9.87. The zero-order valence-corrected chi connectivity index (χ0v) is 24.5. The number of benzene rings is 2. The van der Waals surface area contributed by atoms with Gasteiger partial charge in [-0.3, -0.25) is 4.79 Å². The van der Waals surface area contributed by atoms with Gasteiger partial charge in [-0.05, 0) is 35.6 Å². The topological polar surface area (TPSA) is 95.3 Å². The summed E-state index contributed by atoms with van der Waals surface area (Å²) in [6.45, 7) is 8.69. The van der Waals surface area contributed by atoms with Crippen LogP contribution in [0.1, 0.15) is 47.4 Å². The lowest BCUT2D eigenvalue weighted by molar-refractivity contribution is -0.113. The third-order valence-corrected chi connectivity index (χ3v) is 8.18. The van der Waals surface area contributed by atoms with Crippen LogP contribution in [0.3, 0.4) is 0 Å². The Morgan fingerprint density at radius 2 is 1.74 bits per heavy atom. The Hall–Kier alpha value is -3.63. The second-order valence-electron chi connectivity index (χ2n) is 9.95. The van der Waals surface area contributed by atoms with E-state index in [-0.39, 0.29) is 23.7 Å². The van der Waals surface area contributed by atoms with Crippen LogP contribution in [-0.4, -0.2) is 39.5 Å². The standard InChI is InChI=1S/C29H32N4O4S2/c1-18-24(19-10-8-7-9-11-19)25(27(35)36-6)26(39-18)30-23(34)17-38-28-32-31-22(33(28)5)16-37-21-14-12-20(13-15-21)29(2,3)4/h7-15H,16-17H2,1-6H3,(H,30,34). The van der Waals surface area contributed by atoms with Crippen molar-refractivity contribution in [2.24, 2.45) is 7.05 Å². The minimum atomic E-state index is -0.493. The number of thiophene rings is 1. The number of anilines is 1. The maximum absolute atomic E-state index is 12.9. The molecule has 0 saturated heterocycles. The van der Waals surface area contributed by atoms with E-state index in [0.29, 0.717) is 21.5 Å². The summed E-state index contributed by atoms with van der Waals surface area (Å²) in [4.78, 5) is 26.5. The Labute approximate surface area is 236 Å². The van der Waals surface area contributed by atoms with E-state index in [0.717, 1.165) is 21.8 Å². The number of methoxy groups -OCH3 is 1. The zero-order valence-electron chi connectivity index (χ0n) is 22.9. The fraction of sp³-hybridized carbons (Fsp3) is 0.310. The van der Waals surface area contributed by atoms with Crippen molar-refractivity contribution < 1.29 is 19.1 Å². The highest BCUT2D eigenvalue weighted by molar-refractivity contribution is 7.99. The first-order valence-electron chi connectivity index (χ1n) is 12.4. The van der Waals surface area contributed by atoms with Crippen LogP contribution in [0.4, 0.5) is 5.00 Å². The molecule has 0 aliphatic rings. The van der Waals surface area contributed by atoms with E-state index < -0.39 is 5.97 Å². The summed E-state index contributed by atoms with van der Waals surface area (Å²) in [7, 11) is 3.17. The average molecular weight is 565 g/mol. The predicted molar refractivity (Wildman–Crippen MR) is 156 cm³/mol. The van der Waals surface area contributed by atoms with Crippen LogP contribution in [0.25, 0.3) is 11.1 Å². The van der Waals surface area contributed by atoms with Crippen LogP contribution in [-0.2, 0) is 28.6 Å². The number of amides is 1. The van der Waals surface area contributed by atoms with E-state index >= 15 is 0 Å². The van der Waals surface area contributed by atoms with Gasteiger partial charge in [0.15, 0.2) is 11.0 Å². The molecule has 39 heavy (non-hydrogen) atoms. The van der Waals surface area contributed by atoms with Gasteiger partial charge in [0.1, 0.15) is 22.9 Å². The summed E-state index contributed by atoms with van der Waals surface area (Å²) in [6.07, 6.45) is 0. The van der Waals surface area contributed by atoms with Crippen LogP contribution in [0.2, 0.25) is 0 Å². The van der Waals surface area contributed by atoms with Gasteiger partial charge in [0, 0.05) is 17.5 Å². The Kier molecular flexibility index (Phi) is 8.76. The number of hydrogen-bond acceptors (Lipinski definition) is 8. The molecule has 2 aromatic carbocycles. The average Bonchev–Trinajstić information content (AvgIpc) is 3.44.